The number of aliphatic hydroxyl groups excluding tert-OH is 1. The van der Waals surface area contributed by atoms with Crippen molar-refractivity contribution >= 4 is 11.6 Å². The Morgan fingerprint density at radius 3 is 2.72 bits per heavy atom. The van der Waals surface area contributed by atoms with Crippen LogP contribution >= 0.6 is 0 Å². The van der Waals surface area contributed by atoms with Crippen LogP contribution in [0.5, 0.6) is 0 Å². The summed E-state index contributed by atoms with van der Waals surface area (Å²) in [5.74, 6) is 0.734. The molecule has 0 saturated heterocycles. The molecule has 1 heterocycles. The van der Waals surface area contributed by atoms with E-state index in [2.05, 4.69) is 10.3 Å². The van der Waals surface area contributed by atoms with Crippen LogP contribution in [0, 0.1) is 0 Å². The number of nitrogens with two attached hydrogens (primary N) is 1. The highest BCUT2D eigenvalue weighted by molar-refractivity contribution is 5.92. The normalized spacial score (nSPS) is 13.3. The van der Waals surface area contributed by atoms with Crippen molar-refractivity contribution in [2.75, 3.05) is 11.9 Å². The average Bonchev–Trinajstić information content (AvgIpc) is 2.91. The van der Waals surface area contributed by atoms with E-state index in [1.165, 1.54) is 6.26 Å². The van der Waals surface area contributed by atoms with Gasteiger partial charge in [0.25, 0.3) is 0 Å². The van der Waals surface area contributed by atoms with Crippen LogP contribution in [0.25, 0.3) is 0 Å². The molecule has 1 atom stereocenters. The third-order valence-corrected chi connectivity index (χ3v) is 2.35. The SMILES string of the molecule is NC(=NCC(O)c1ccco1)Nc1ccccc1. The van der Waals surface area contributed by atoms with Crippen LogP contribution in [-0.4, -0.2) is 17.6 Å². The van der Waals surface area contributed by atoms with Gasteiger partial charge in [-0.25, -0.2) is 4.99 Å². The molecule has 1 unspecified atom stereocenters. The van der Waals surface area contributed by atoms with Crippen LogP contribution in [-0.2, 0) is 0 Å². The second-order valence-electron chi connectivity index (χ2n) is 3.75. The smallest absolute Gasteiger partial charge is 0.193 e. The Labute approximate surface area is 105 Å². The molecule has 18 heavy (non-hydrogen) atoms. The number of anilines is 1. The Morgan fingerprint density at radius 2 is 2.06 bits per heavy atom. The number of aliphatic hydroxyl groups is 1. The first kappa shape index (κ1) is 12.2. The molecule has 0 aliphatic carbocycles. The van der Waals surface area contributed by atoms with E-state index < -0.39 is 6.10 Å². The molecule has 0 radical (unpaired) electrons. The third kappa shape index (κ3) is 3.36. The molecule has 0 amide bonds. The molecule has 2 rings (SSSR count). The monoisotopic (exact) mass is 245 g/mol. The lowest BCUT2D eigenvalue weighted by molar-refractivity contribution is 0.158. The summed E-state index contributed by atoms with van der Waals surface area (Å²) >= 11 is 0. The highest BCUT2D eigenvalue weighted by atomic mass is 16.4. The standard InChI is InChI=1S/C13H15N3O2/c14-13(16-10-5-2-1-3-6-10)15-9-11(17)12-7-4-8-18-12/h1-8,11,17H,9H2,(H3,14,15,16). The van der Waals surface area contributed by atoms with Gasteiger partial charge in [0.05, 0.1) is 12.8 Å². The lowest BCUT2D eigenvalue weighted by atomic mass is 10.3. The molecule has 0 saturated carbocycles. The average molecular weight is 245 g/mol. The van der Waals surface area contributed by atoms with Crippen molar-refractivity contribution in [2.45, 2.75) is 6.10 Å². The molecule has 0 spiro atoms. The molecular formula is C13H15N3O2. The first-order valence-electron chi connectivity index (χ1n) is 5.59. The van der Waals surface area contributed by atoms with Crippen molar-refractivity contribution in [1.82, 2.24) is 0 Å². The Balaban J connectivity index is 1.89. The molecular weight excluding hydrogens is 230 g/mol. The number of aliphatic imine (C=N–C) groups is 1. The van der Waals surface area contributed by atoms with Gasteiger partial charge < -0.3 is 20.6 Å². The fourth-order valence-corrected chi connectivity index (χ4v) is 1.46. The van der Waals surface area contributed by atoms with E-state index in [0.717, 1.165) is 5.69 Å². The van der Waals surface area contributed by atoms with Crippen molar-refractivity contribution in [3.05, 3.63) is 54.5 Å². The summed E-state index contributed by atoms with van der Waals surface area (Å²) in [6.45, 7) is 0.152. The summed E-state index contributed by atoms with van der Waals surface area (Å²) < 4.78 is 5.07. The zero-order valence-corrected chi connectivity index (χ0v) is 9.78. The molecule has 4 N–H and O–H groups in total. The van der Waals surface area contributed by atoms with Gasteiger partial charge in [0.15, 0.2) is 5.96 Å². The van der Waals surface area contributed by atoms with E-state index in [9.17, 15) is 5.11 Å². The third-order valence-electron chi connectivity index (χ3n) is 2.35. The molecule has 1 aromatic carbocycles. The minimum Gasteiger partial charge on any atom is -0.467 e. The Kier molecular flexibility index (Phi) is 3.98. The summed E-state index contributed by atoms with van der Waals surface area (Å²) in [6.07, 6.45) is 0.726. The number of nitrogens with zero attached hydrogens (tertiary/aromatic N) is 1. The Hall–Kier alpha value is -2.27. The Morgan fingerprint density at radius 1 is 1.28 bits per heavy atom. The summed E-state index contributed by atoms with van der Waals surface area (Å²) in [4.78, 5) is 4.05. The van der Waals surface area contributed by atoms with E-state index >= 15 is 0 Å². The van der Waals surface area contributed by atoms with Gasteiger partial charge in [-0.3, -0.25) is 0 Å². The zero-order chi connectivity index (χ0) is 12.8. The van der Waals surface area contributed by atoms with Crippen molar-refractivity contribution in [3.8, 4) is 0 Å². The molecule has 0 fully saturated rings. The number of nitrogens with one attached hydrogen (secondary N) is 1. The van der Waals surface area contributed by atoms with Crippen LogP contribution in [0.4, 0.5) is 5.69 Å². The molecule has 0 aliphatic heterocycles. The van der Waals surface area contributed by atoms with Crippen LogP contribution in [0.2, 0.25) is 0 Å². The number of rotatable bonds is 4. The van der Waals surface area contributed by atoms with E-state index in [0.29, 0.717) is 5.76 Å². The van der Waals surface area contributed by atoms with Gasteiger partial charge in [-0.2, -0.15) is 0 Å². The van der Waals surface area contributed by atoms with E-state index in [-0.39, 0.29) is 12.5 Å². The minimum absolute atomic E-state index is 0.152. The van der Waals surface area contributed by atoms with E-state index in [1.54, 1.807) is 12.1 Å². The van der Waals surface area contributed by atoms with Crippen molar-refractivity contribution in [1.29, 1.82) is 0 Å². The van der Waals surface area contributed by atoms with Gasteiger partial charge >= 0.3 is 0 Å². The van der Waals surface area contributed by atoms with Crippen LogP contribution in [0.3, 0.4) is 0 Å². The van der Waals surface area contributed by atoms with Gasteiger partial charge in [-0.1, -0.05) is 18.2 Å². The quantitative estimate of drug-likeness (QED) is 0.566. The minimum atomic E-state index is -0.781. The number of benzene rings is 1. The maximum atomic E-state index is 9.74. The topological polar surface area (TPSA) is 83.8 Å². The second kappa shape index (κ2) is 5.88. The van der Waals surface area contributed by atoms with Gasteiger partial charge in [0, 0.05) is 5.69 Å². The Bertz CT molecular complexity index is 494. The number of hydrogen-bond acceptors (Lipinski definition) is 3. The number of para-hydroxylation sites is 1. The fraction of sp³-hybridized carbons (Fsp3) is 0.154. The molecule has 1 aromatic heterocycles. The van der Waals surface area contributed by atoms with Crippen molar-refractivity contribution in [3.63, 3.8) is 0 Å². The van der Waals surface area contributed by atoms with Crippen LogP contribution in [0.1, 0.15) is 11.9 Å². The second-order valence-corrected chi connectivity index (χ2v) is 3.75. The zero-order valence-electron chi connectivity index (χ0n) is 9.78. The van der Waals surface area contributed by atoms with Crippen molar-refractivity contribution < 1.29 is 9.52 Å². The predicted molar refractivity (Wildman–Crippen MR) is 70.2 cm³/mol. The lowest BCUT2D eigenvalue weighted by Gasteiger charge is -2.07. The molecule has 2 aromatic rings. The van der Waals surface area contributed by atoms with Gasteiger partial charge in [0.1, 0.15) is 11.9 Å². The molecule has 5 nitrogen and oxygen atoms in total. The van der Waals surface area contributed by atoms with Crippen LogP contribution < -0.4 is 11.1 Å². The van der Waals surface area contributed by atoms with Crippen LogP contribution in [0.15, 0.2) is 58.1 Å². The first-order valence-corrected chi connectivity index (χ1v) is 5.59. The highest BCUT2D eigenvalue weighted by Gasteiger charge is 2.09. The van der Waals surface area contributed by atoms with Gasteiger partial charge in [-0.05, 0) is 24.3 Å². The first-order chi connectivity index (χ1) is 8.75. The van der Waals surface area contributed by atoms with E-state index in [4.69, 9.17) is 10.2 Å². The molecule has 94 valence electrons. The largest absolute Gasteiger partial charge is 0.467 e. The number of furan rings is 1. The lowest BCUT2D eigenvalue weighted by Crippen LogP contribution is -2.23. The summed E-state index contributed by atoms with van der Waals surface area (Å²) in [5.41, 5.74) is 6.56. The molecule has 0 aliphatic rings. The summed E-state index contributed by atoms with van der Waals surface area (Å²) in [7, 11) is 0. The maximum absolute atomic E-state index is 9.74. The fourth-order valence-electron chi connectivity index (χ4n) is 1.46. The van der Waals surface area contributed by atoms with E-state index in [1.807, 2.05) is 30.3 Å². The summed E-state index contributed by atoms with van der Waals surface area (Å²) in [6, 6.07) is 12.9. The van der Waals surface area contributed by atoms with Gasteiger partial charge in [0.2, 0.25) is 0 Å². The molecule has 5 heteroatoms. The maximum Gasteiger partial charge on any atom is 0.193 e. The predicted octanol–water partition coefficient (Wildman–Crippen LogP) is 1.74. The number of hydrogen-bond donors (Lipinski definition) is 3. The van der Waals surface area contributed by atoms with Gasteiger partial charge in [-0.15, -0.1) is 0 Å². The number of guanidine groups is 1. The molecule has 0 bridgehead atoms. The highest BCUT2D eigenvalue weighted by Crippen LogP contribution is 2.13. The summed E-state index contributed by atoms with van der Waals surface area (Å²) in [5, 5.41) is 12.7. The van der Waals surface area contributed by atoms with Crippen molar-refractivity contribution in [2.24, 2.45) is 10.7 Å².